The van der Waals surface area contributed by atoms with Crippen molar-refractivity contribution >= 4 is 16.0 Å². The van der Waals surface area contributed by atoms with Gasteiger partial charge in [0, 0.05) is 38.7 Å². The van der Waals surface area contributed by atoms with Gasteiger partial charge in [-0.05, 0) is 49.7 Å². The van der Waals surface area contributed by atoms with Crippen LogP contribution < -0.4 is 0 Å². The summed E-state index contributed by atoms with van der Waals surface area (Å²) in [5.41, 5.74) is 0.926. The van der Waals surface area contributed by atoms with Crippen LogP contribution in [0.4, 0.5) is 13.2 Å². The first kappa shape index (κ1) is 27.5. The van der Waals surface area contributed by atoms with Crippen molar-refractivity contribution in [2.45, 2.75) is 57.4 Å². The number of hydrogen-bond donors (Lipinski definition) is 1. The van der Waals surface area contributed by atoms with Crippen molar-refractivity contribution in [3.8, 4) is 0 Å². The summed E-state index contributed by atoms with van der Waals surface area (Å²) in [6, 6.07) is 3.93. The summed E-state index contributed by atoms with van der Waals surface area (Å²) < 4.78 is 69.9. The van der Waals surface area contributed by atoms with E-state index in [1.807, 2.05) is 25.3 Å². The maximum absolute atomic E-state index is 12.3. The first-order valence-corrected chi connectivity index (χ1v) is 12.5. The highest BCUT2D eigenvalue weighted by atomic mass is 32.2. The van der Waals surface area contributed by atoms with Gasteiger partial charge in [-0.2, -0.15) is 13.2 Å². The van der Waals surface area contributed by atoms with Gasteiger partial charge in [0.15, 0.2) is 0 Å². The Labute approximate surface area is 192 Å². The third-order valence-electron chi connectivity index (χ3n) is 5.87. The van der Waals surface area contributed by atoms with Crippen LogP contribution >= 0.6 is 0 Å². The van der Waals surface area contributed by atoms with E-state index in [1.165, 1.54) is 0 Å². The molecule has 0 amide bonds. The Bertz CT molecular complexity index is 843. The highest BCUT2D eigenvalue weighted by molar-refractivity contribution is 7.89. The summed E-state index contributed by atoms with van der Waals surface area (Å²) in [5.74, 6) is -2.06. The molecule has 2 aliphatic heterocycles. The van der Waals surface area contributed by atoms with Crippen molar-refractivity contribution in [3.05, 3.63) is 30.1 Å². The number of aromatic nitrogens is 1. The maximum atomic E-state index is 12.3. The fraction of sp³-hybridized carbons (Fsp3) is 0.714. The van der Waals surface area contributed by atoms with Crippen LogP contribution in [-0.2, 0) is 30.9 Å². The number of aliphatic carboxylic acids is 1. The summed E-state index contributed by atoms with van der Waals surface area (Å²) >= 11 is 0. The molecule has 0 bridgehead atoms. The van der Waals surface area contributed by atoms with Gasteiger partial charge in [-0.3, -0.25) is 4.98 Å². The lowest BCUT2D eigenvalue weighted by atomic mass is 9.78. The molecule has 0 aromatic carbocycles. The first-order chi connectivity index (χ1) is 15.5. The predicted molar refractivity (Wildman–Crippen MR) is 114 cm³/mol. The molecular formula is C21H31F3N2O6S. The number of hydrogen-bond acceptors (Lipinski definition) is 6. The SMILES string of the molecule is CCCS(=O)(=O)N1CCC2(CC1)OCCC2CCOCc1cccnc1.O=C(O)C(F)(F)F. The molecule has 0 aliphatic carbocycles. The molecule has 1 spiro atoms. The van der Waals surface area contributed by atoms with E-state index in [0.717, 1.165) is 37.9 Å². The molecule has 1 aromatic rings. The molecule has 1 N–H and O–H groups in total. The molecule has 0 saturated carbocycles. The van der Waals surface area contributed by atoms with Crippen LogP contribution in [0.5, 0.6) is 0 Å². The van der Waals surface area contributed by atoms with Gasteiger partial charge in [-0.15, -0.1) is 0 Å². The molecule has 2 saturated heterocycles. The van der Waals surface area contributed by atoms with Gasteiger partial charge in [0.2, 0.25) is 10.0 Å². The topological polar surface area (TPSA) is 106 Å². The highest BCUT2D eigenvalue weighted by Crippen LogP contribution is 2.42. The summed E-state index contributed by atoms with van der Waals surface area (Å²) in [6.45, 7) is 5.12. The smallest absolute Gasteiger partial charge is 0.475 e. The van der Waals surface area contributed by atoms with Crippen LogP contribution in [0.1, 0.15) is 44.6 Å². The molecule has 1 unspecified atom stereocenters. The fourth-order valence-corrected chi connectivity index (χ4v) is 5.69. The lowest BCUT2D eigenvalue weighted by Gasteiger charge is -2.41. The second-order valence-corrected chi connectivity index (χ2v) is 10.2. The van der Waals surface area contributed by atoms with Gasteiger partial charge in [0.25, 0.3) is 0 Å². The van der Waals surface area contributed by atoms with E-state index in [9.17, 15) is 21.6 Å². The van der Waals surface area contributed by atoms with Crippen LogP contribution in [0, 0.1) is 5.92 Å². The summed E-state index contributed by atoms with van der Waals surface area (Å²) in [5, 5.41) is 7.12. The minimum Gasteiger partial charge on any atom is -0.475 e. The zero-order valence-electron chi connectivity index (χ0n) is 18.6. The number of carbonyl (C=O) groups is 1. The maximum Gasteiger partial charge on any atom is 0.490 e. The van der Waals surface area contributed by atoms with Gasteiger partial charge < -0.3 is 14.6 Å². The number of piperidine rings is 1. The number of carboxylic acids is 1. The van der Waals surface area contributed by atoms with E-state index in [1.54, 1.807) is 10.5 Å². The third kappa shape index (κ3) is 8.20. The minimum absolute atomic E-state index is 0.157. The van der Waals surface area contributed by atoms with Crippen molar-refractivity contribution in [1.82, 2.24) is 9.29 Å². The van der Waals surface area contributed by atoms with E-state index in [4.69, 9.17) is 19.4 Å². The van der Waals surface area contributed by atoms with Gasteiger partial charge in [-0.25, -0.2) is 17.5 Å². The molecule has 3 rings (SSSR count). The standard InChI is InChI=1S/C19H30N2O4S.C2HF3O2/c1-2-14-26(22,23)21-10-7-19(8-11-21)18(6-13-25-19)5-12-24-16-17-4-3-9-20-15-17;3-2(4,5)1(6)7/h3-4,9,15,18H,2,5-8,10-14,16H2,1H3;(H,6,7). The van der Waals surface area contributed by atoms with Gasteiger partial charge in [-0.1, -0.05) is 13.0 Å². The van der Waals surface area contributed by atoms with Crippen molar-refractivity contribution < 1.29 is 41.0 Å². The lowest BCUT2D eigenvalue weighted by Crippen LogP contribution is -2.50. The van der Waals surface area contributed by atoms with Crippen LogP contribution in [0.3, 0.4) is 0 Å². The van der Waals surface area contributed by atoms with Crippen LogP contribution in [-0.4, -0.2) is 72.6 Å². The molecule has 0 radical (unpaired) electrons. The third-order valence-corrected chi connectivity index (χ3v) is 7.94. The normalized spacial score (nSPS) is 20.9. The van der Waals surface area contributed by atoms with E-state index in [-0.39, 0.29) is 11.4 Å². The molecule has 33 heavy (non-hydrogen) atoms. The average molecular weight is 497 g/mol. The minimum atomic E-state index is -5.08. The molecule has 2 aliphatic rings. The van der Waals surface area contributed by atoms with Crippen molar-refractivity contribution in [1.29, 1.82) is 0 Å². The molecule has 3 heterocycles. The quantitative estimate of drug-likeness (QED) is 0.551. The van der Waals surface area contributed by atoms with Crippen LogP contribution in [0.2, 0.25) is 0 Å². The Balaban J connectivity index is 0.000000479. The van der Waals surface area contributed by atoms with Crippen LogP contribution in [0.15, 0.2) is 24.5 Å². The summed E-state index contributed by atoms with van der Waals surface area (Å²) in [6.07, 6.45) is 2.76. The Morgan fingerprint density at radius 1 is 1.36 bits per heavy atom. The highest BCUT2D eigenvalue weighted by Gasteiger charge is 2.47. The predicted octanol–water partition coefficient (Wildman–Crippen LogP) is 3.23. The number of nitrogens with zero attached hydrogens (tertiary/aromatic N) is 2. The van der Waals surface area contributed by atoms with E-state index >= 15 is 0 Å². The fourth-order valence-electron chi connectivity index (χ4n) is 4.17. The summed E-state index contributed by atoms with van der Waals surface area (Å²) in [4.78, 5) is 13.0. The lowest BCUT2D eigenvalue weighted by molar-refractivity contribution is -0.192. The second kappa shape index (κ2) is 12.1. The number of alkyl halides is 3. The zero-order valence-corrected chi connectivity index (χ0v) is 19.4. The molecule has 188 valence electrons. The Hall–Kier alpha value is -1.76. The van der Waals surface area contributed by atoms with Crippen molar-refractivity contribution in [3.63, 3.8) is 0 Å². The van der Waals surface area contributed by atoms with Gasteiger partial charge >= 0.3 is 12.1 Å². The Kier molecular flexibility index (Phi) is 10.1. The van der Waals surface area contributed by atoms with Crippen molar-refractivity contribution in [2.75, 3.05) is 32.1 Å². The average Bonchev–Trinajstić information content (AvgIpc) is 3.13. The van der Waals surface area contributed by atoms with Gasteiger partial charge in [0.05, 0.1) is 18.0 Å². The van der Waals surface area contributed by atoms with E-state index in [2.05, 4.69) is 4.98 Å². The number of rotatable bonds is 8. The molecule has 12 heteroatoms. The van der Waals surface area contributed by atoms with E-state index < -0.39 is 22.2 Å². The van der Waals surface area contributed by atoms with Gasteiger partial charge in [0.1, 0.15) is 0 Å². The molecular weight excluding hydrogens is 465 g/mol. The molecule has 2 fully saturated rings. The van der Waals surface area contributed by atoms with Crippen molar-refractivity contribution in [2.24, 2.45) is 5.92 Å². The number of carboxylic acid groups (broad SMARTS) is 1. The largest absolute Gasteiger partial charge is 0.490 e. The monoisotopic (exact) mass is 496 g/mol. The van der Waals surface area contributed by atoms with E-state index in [0.29, 0.717) is 38.6 Å². The van der Waals surface area contributed by atoms with Crippen LogP contribution in [0.25, 0.3) is 0 Å². The zero-order chi connectivity index (χ0) is 24.5. The molecule has 1 aromatic heterocycles. The Morgan fingerprint density at radius 2 is 2.03 bits per heavy atom. The second-order valence-electron chi connectivity index (χ2n) is 8.12. The first-order valence-electron chi connectivity index (χ1n) is 10.9. The molecule has 1 atom stereocenters. The number of pyridine rings is 1. The molecule has 8 nitrogen and oxygen atoms in total. The Morgan fingerprint density at radius 3 is 2.58 bits per heavy atom. The number of ether oxygens (including phenoxy) is 2. The number of halogens is 3. The number of sulfonamides is 1. The summed E-state index contributed by atoms with van der Waals surface area (Å²) in [7, 11) is -3.10.